The van der Waals surface area contributed by atoms with Gasteiger partial charge in [0.15, 0.2) is 17.6 Å². The number of hydrogen-bond donors (Lipinski definition) is 2. The van der Waals surface area contributed by atoms with Crippen LogP contribution in [0.15, 0.2) is 18.2 Å². The normalized spacial score (nSPS) is 13.1. The summed E-state index contributed by atoms with van der Waals surface area (Å²) in [4.78, 5) is 29.1. The van der Waals surface area contributed by atoms with Gasteiger partial charge in [-0.15, -0.1) is 0 Å². The maximum Gasteiger partial charge on any atom is 0.339 e. The average Bonchev–Trinajstić information content (AvgIpc) is 2.98. The fourth-order valence-corrected chi connectivity index (χ4v) is 3.47. The SMILES string of the molecule is CC[NH+](Cc1ccc(OC)c(F)c1)[C@H](C)C(=O)c1[nH]c(C)c(C(=O)OC)c1C. The number of Topliss-reactive ketones (excluding diaryl/α,β-unsaturated/α-hetero) is 1. The summed E-state index contributed by atoms with van der Waals surface area (Å²) < 4.78 is 23.7. The Morgan fingerprint density at radius 2 is 1.93 bits per heavy atom. The fraction of sp³-hybridized carbons (Fsp3) is 0.429. The summed E-state index contributed by atoms with van der Waals surface area (Å²) in [6, 6.07) is 4.45. The lowest BCUT2D eigenvalue weighted by atomic mass is 10.0. The lowest BCUT2D eigenvalue weighted by molar-refractivity contribution is -0.925. The molecule has 0 saturated carbocycles. The van der Waals surface area contributed by atoms with E-state index in [1.807, 2.05) is 13.8 Å². The van der Waals surface area contributed by atoms with Gasteiger partial charge in [-0.1, -0.05) is 0 Å². The van der Waals surface area contributed by atoms with Gasteiger partial charge >= 0.3 is 5.97 Å². The first-order chi connectivity index (χ1) is 13.2. The molecule has 1 aromatic carbocycles. The number of H-pyrrole nitrogens is 1. The highest BCUT2D eigenvalue weighted by Crippen LogP contribution is 2.20. The number of carbonyl (C=O) groups excluding carboxylic acids is 2. The van der Waals surface area contributed by atoms with Crippen molar-refractivity contribution < 1.29 is 28.4 Å². The zero-order valence-electron chi connectivity index (χ0n) is 17.2. The van der Waals surface area contributed by atoms with E-state index in [0.717, 1.165) is 10.5 Å². The number of aromatic nitrogens is 1. The molecular formula is C21H28FN2O4+. The molecule has 1 unspecified atom stereocenters. The van der Waals surface area contributed by atoms with E-state index >= 15 is 0 Å². The number of rotatable bonds is 8. The number of likely N-dealkylation sites (N-methyl/N-ethyl adjacent to an activating group) is 1. The van der Waals surface area contributed by atoms with E-state index in [1.54, 1.807) is 26.0 Å². The van der Waals surface area contributed by atoms with Crippen LogP contribution in [0.3, 0.4) is 0 Å². The highest BCUT2D eigenvalue weighted by molar-refractivity contribution is 6.03. The van der Waals surface area contributed by atoms with Gasteiger partial charge in [0.05, 0.1) is 32.0 Å². The van der Waals surface area contributed by atoms with E-state index in [2.05, 4.69) is 4.98 Å². The van der Waals surface area contributed by atoms with E-state index in [0.29, 0.717) is 35.6 Å². The minimum absolute atomic E-state index is 0.0958. The third-order valence-corrected chi connectivity index (χ3v) is 5.18. The molecule has 0 radical (unpaired) electrons. The number of aromatic amines is 1. The Kier molecular flexibility index (Phi) is 6.96. The number of carbonyl (C=O) groups is 2. The molecule has 2 atom stereocenters. The Morgan fingerprint density at radius 1 is 1.25 bits per heavy atom. The number of ether oxygens (including phenoxy) is 2. The van der Waals surface area contributed by atoms with Crippen LogP contribution in [0.25, 0.3) is 0 Å². The number of esters is 1. The van der Waals surface area contributed by atoms with Gasteiger partial charge in [-0.2, -0.15) is 0 Å². The van der Waals surface area contributed by atoms with Crippen LogP contribution in [0, 0.1) is 19.7 Å². The lowest BCUT2D eigenvalue weighted by Gasteiger charge is -2.24. The van der Waals surface area contributed by atoms with Crippen molar-refractivity contribution in [2.24, 2.45) is 0 Å². The predicted molar refractivity (Wildman–Crippen MR) is 104 cm³/mol. The molecule has 1 heterocycles. The number of quaternary nitrogens is 1. The first-order valence-electron chi connectivity index (χ1n) is 9.23. The molecule has 7 heteroatoms. The molecule has 0 aliphatic rings. The molecule has 152 valence electrons. The number of hydrogen-bond acceptors (Lipinski definition) is 4. The van der Waals surface area contributed by atoms with E-state index in [4.69, 9.17) is 9.47 Å². The molecule has 0 saturated heterocycles. The van der Waals surface area contributed by atoms with Crippen LogP contribution in [-0.2, 0) is 11.3 Å². The molecule has 0 aliphatic carbocycles. The van der Waals surface area contributed by atoms with Crippen molar-refractivity contribution in [1.29, 1.82) is 0 Å². The van der Waals surface area contributed by atoms with Crippen LogP contribution in [0.2, 0.25) is 0 Å². The smallest absolute Gasteiger partial charge is 0.339 e. The Hall–Kier alpha value is -2.67. The zero-order chi connectivity index (χ0) is 21.0. The van der Waals surface area contributed by atoms with E-state index < -0.39 is 11.8 Å². The average molecular weight is 391 g/mol. The number of benzene rings is 1. The number of methoxy groups -OCH3 is 2. The van der Waals surface area contributed by atoms with Gasteiger partial charge in [-0.25, -0.2) is 9.18 Å². The van der Waals surface area contributed by atoms with Gasteiger partial charge < -0.3 is 19.4 Å². The Balaban J connectivity index is 2.25. The second-order valence-corrected chi connectivity index (χ2v) is 6.86. The zero-order valence-corrected chi connectivity index (χ0v) is 17.2. The molecule has 2 aromatic rings. The molecule has 0 aliphatic heterocycles. The fourth-order valence-electron chi connectivity index (χ4n) is 3.47. The molecule has 6 nitrogen and oxygen atoms in total. The van der Waals surface area contributed by atoms with Crippen molar-refractivity contribution in [3.8, 4) is 5.75 Å². The minimum Gasteiger partial charge on any atom is -0.494 e. The molecule has 0 amide bonds. The van der Waals surface area contributed by atoms with Crippen molar-refractivity contribution in [3.63, 3.8) is 0 Å². The van der Waals surface area contributed by atoms with Crippen LogP contribution < -0.4 is 9.64 Å². The highest BCUT2D eigenvalue weighted by atomic mass is 19.1. The predicted octanol–water partition coefficient (Wildman–Crippen LogP) is 2.24. The first kappa shape index (κ1) is 21.6. The summed E-state index contributed by atoms with van der Waals surface area (Å²) in [6.45, 7) is 8.47. The Labute approximate surface area is 164 Å². The minimum atomic E-state index is -0.466. The van der Waals surface area contributed by atoms with Gasteiger partial charge in [0.2, 0.25) is 5.78 Å². The summed E-state index contributed by atoms with van der Waals surface area (Å²) in [6.07, 6.45) is 0. The van der Waals surface area contributed by atoms with Crippen molar-refractivity contribution in [1.82, 2.24) is 4.98 Å². The van der Waals surface area contributed by atoms with Crippen molar-refractivity contribution in [2.45, 2.75) is 40.3 Å². The summed E-state index contributed by atoms with van der Waals surface area (Å²) in [5, 5.41) is 0. The molecule has 2 rings (SSSR count). The molecule has 28 heavy (non-hydrogen) atoms. The van der Waals surface area contributed by atoms with Crippen LogP contribution >= 0.6 is 0 Å². The number of ketones is 1. The van der Waals surface area contributed by atoms with Crippen molar-refractivity contribution in [3.05, 3.63) is 52.1 Å². The van der Waals surface area contributed by atoms with Crippen LogP contribution in [0.1, 0.15) is 51.5 Å². The Bertz CT molecular complexity index is 876. The number of nitrogens with one attached hydrogen (secondary N) is 2. The van der Waals surface area contributed by atoms with Gasteiger partial charge in [-0.05, 0) is 51.5 Å². The van der Waals surface area contributed by atoms with Gasteiger partial charge in [0.25, 0.3) is 0 Å². The van der Waals surface area contributed by atoms with Gasteiger partial charge in [0.1, 0.15) is 6.54 Å². The molecule has 1 aromatic heterocycles. The van der Waals surface area contributed by atoms with Crippen molar-refractivity contribution in [2.75, 3.05) is 20.8 Å². The van der Waals surface area contributed by atoms with E-state index in [1.165, 1.54) is 20.3 Å². The summed E-state index contributed by atoms with van der Waals surface area (Å²) in [5.41, 5.74) is 2.79. The van der Waals surface area contributed by atoms with E-state index in [-0.39, 0.29) is 17.6 Å². The van der Waals surface area contributed by atoms with E-state index in [9.17, 15) is 14.0 Å². The third-order valence-electron chi connectivity index (χ3n) is 5.18. The van der Waals surface area contributed by atoms with Crippen LogP contribution in [-0.4, -0.2) is 43.5 Å². The highest BCUT2D eigenvalue weighted by Gasteiger charge is 2.30. The van der Waals surface area contributed by atoms with Crippen LogP contribution in [0.5, 0.6) is 5.75 Å². The largest absolute Gasteiger partial charge is 0.494 e. The monoisotopic (exact) mass is 391 g/mol. The molecule has 0 bridgehead atoms. The number of halogens is 1. The molecule has 0 fully saturated rings. The molecule has 2 N–H and O–H groups in total. The maximum absolute atomic E-state index is 14.0. The molecular weight excluding hydrogens is 363 g/mol. The van der Waals surface area contributed by atoms with Crippen molar-refractivity contribution >= 4 is 11.8 Å². The quantitative estimate of drug-likeness (QED) is 0.535. The van der Waals surface area contributed by atoms with Gasteiger partial charge in [-0.3, -0.25) is 4.79 Å². The topological polar surface area (TPSA) is 72.8 Å². The number of aryl methyl sites for hydroxylation is 1. The van der Waals surface area contributed by atoms with Crippen LogP contribution in [0.4, 0.5) is 4.39 Å². The molecule has 0 spiro atoms. The lowest BCUT2D eigenvalue weighted by Crippen LogP contribution is -3.14. The summed E-state index contributed by atoms with van der Waals surface area (Å²) >= 11 is 0. The Morgan fingerprint density at radius 3 is 2.46 bits per heavy atom. The first-order valence-corrected chi connectivity index (χ1v) is 9.23. The maximum atomic E-state index is 14.0. The standard InChI is InChI=1S/C21H27FN2O4/c1-7-24(11-15-8-9-17(27-5)16(22)10-15)14(4)20(25)19-12(2)18(13(3)23-19)21(26)28-6/h8-10,14,23H,7,11H2,1-6H3/p+1/t14-/m1/s1. The summed E-state index contributed by atoms with van der Waals surface area (Å²) in [5.74, 6) is -0.792. The third kappa shape index (κ3) is 4.25. The summed E-state index contributed by atoms with van der Waals surface area (Å²) in [7, 11) is 2.74. The second-order valence-electron chi connectivity index (χ2n) is 6.86. The second kappa shape index (κ2) is 9.01. The van der Waals surface area contributed by atoms with Gasteiger partial charge in [0, 0.05) is 11.3 Å².